The average molecular weight is 498 g/mol. The summed E-state index contributed by atoms with van der Waals surface area (Å²) in [5.41, 5.74) is 3.79. The molecule has 8 nitrogen and oxygen atoms in total. The molecule has 0 aliphatic carbocycles. The monoisotopic (exact) mass is 497 g/mol. The first-order chi connectivity index (χ1) is 16.1. The topological polar surface area (TPSA) is 93.6 Å². The fourth-order valence-corrected chi connectivity index (χ4v) is 4.40. The van der Waals surface area contributed by atoms with Crippen LogP contribution in [0.3, 0.4) is 0 Å². The molecule has 0 saturated heterocycles. The zero-order chi connectivity index (χ0) is 24.5. The number of hydrogen-bond acceptors (Lipinski definition) is 6. The van der Waals surface area contributed by atoms with Gasteiger partial charge in [-0.25, -0.2) is 15.0 Å². The smallest absolute Gasteiger partial charge is 0.172 e. The normalized spacial score (nSPS) is 12.1. The van der Waals surface area contributed by atoms with Crippen LogP contribution in [0.1, 0.15) is 11.1 Å². The summed E-state index contributed by atoms with van der Waals surface area (Å²) >= 11 is 6.32. The maximum absolute atomic E-state index is 9.90. The highest BCUT2D eigenvalue weighted by molar-refractivity contribution is 8.32. The summed E-state index contributed by atoms with van der Waals surface area (Å²) in [5.74, 6) is 2.06. The van der Waals surface area contributed by atoms with Crippen LogP contribution in [0.2, 0.25) is 5.02 Å². The number of nitriles is 1. The third kappa shape index (κ3) is 5.36. The third-order valence-corrected chi connectivity index (χ3v) is 6.91. The minimum absolute atomic E-state index is 0.301. The van der Waals surface area contributed by atoms with Gasteiger partial charge in [-0.2, -0.15) is 10.4 Å². The number of ether oxygens (including phenoxy) is 1. The van der Waals surface area contributed by atoms with E-state index >= 15 is 0 Å². The summed E-state index contributed by atoms with van der Waals surface area (Å²) in [6, 6.07) is 8.13. The number of anilines is 2. The second-order valence-corrected chi connectivity index (χ2v) is 14.1. The van der Waals surface area contributed by atoms with Gasteiger partial charge in [0.1, 0.15) is 29.3 Å². The van der Waals surface area contributed by atoms with E-state index in [1.807, 2.05) is 29.7 Å². The Labute approximate surface area is 205 Å². The minimum Gasteiger partial charge on any atom is -0.360 e. The van der Waals surface area contributed by atoms with E-state index in [1.54, 1.807) is 30.3 Å². The summed E-state index contributed by atoms with van der Waals surface area (Å²) in [6.45, 7) is 2.96. The second-order valence-electron chi connectivity index (χ2n) is 9.05. The molecule has 0 unspecified atom stereocenters. The fraction of sp³-hybridized carbons (Fsp3) is 0.333. The quantitative estimate of drug-likeness (QED) is 0.341. The van der Waals surface area contributed by atoms with Crippen molar-refractivity contribution in [2.24, 2.45) is 7.05 Å². The van der Waals surface area contributed by atoms with Gasteiger partial charge in [0.05, 0.1) is 17.9 Å². The maximum atomic E-state index is 9.90. The SMILES string of the molecule is Cc1ccnc(-c2cc(Nc3nn(C)cc3Cl)nc3c2c(C#N)cn3COCCS(C)(C)C)c1. The molecule has 0 bridgehead atoms. The summed E-state index contributed by atoms with van der Waals surface area (Å²) in [6.07, 6.45) is 12.1. The van der Waals surface area contributed by atoms with Gasteiger partial charge in [0.25, 0.3) is 0 Å². The van der Waals surface area contributed by atoms with Gasteiger partial charge in [0, 0.05) is 42.3 Å². The van der Waals surface area contributed by atoms with Crippen LogP contribution in [0.5, 0.6) is 0 Å². The highest BCUT2D eigenvalue weighted by atomic mass is 35.5. The Kier molecular flexibility index (Phi) is 6.84. The Morgan fingerprint density at radius 3 is 2.68 bits per heavy atom. The lowest BCUT2D eigenvalue weighted by Crippen LogP contribution is -2.10. The first kappa shape index (κ1) is 24.1. The number of halogens is 1. The summed E-state index contributed by atoms with van der Waals surface area (Å²) in [7, 11) is 1.15. The molecule has 178 valence electrons. The molecule has 0 amide bonds. The highest BCUT2D eigenvalue weighted by Crippen LogP contribution is 2.35. The predicted molar refractivity (Wildman–Crippen MR) is 140 cm³/mol. The van der Waals surface area contributed by atoms with Crippen molar-refractivity contribution in [1.29, 1.82) is 5.26 Å². The Morgan fingerprint density at radius 1 is 1.24 bits per heavy atom. The van der Waals surface area contributed by atoms with Gasteiger partial charge in [-0.15, -0.1) is 0 Å². The first-order valence-corrected chi connectivity index (χ1v) is 14.1. The Bertz CT molecular complexity index is 1380. The number of nitrogens with zero attached hydrogens (tertiary/aromatic N) is 6. The molecule has 4 rings (SSSR count). The molecule has 0 aromatic carbocycles. The van der Waals surface area contributed by atoms with Gasteiger partial charge in [-0.05, 0) is 49.5 Å². The number of hydrogen-bond donors (Lipinski definition) is 1. The van der Waals surface area contributed by atoms with E-state index in [2.05, 4.69) is 40.2 Å². The van der Waals surface area contributed by atoms with Gasteiger partial charge >= 0.3 is 0 Å². The zero-order valence-electron chi connectivity index (χ0n) is 20.0. The number of rotatable bonds is 8. The van der Waals surface area contributed by atoms with Crippen LogP contribution in [0.15, 0.2) is 36.8 Å². The number of pyridine rings is 2. The van der Waals surface area contributed by atoms with E-state index < -0.39 is 10.0 Å². The molecule has 0 aliphatic heterocycles. The number of aromatic nitrogens is 5. The van der Waals surface area contributed by atoms with E-state index in [0.29, 0.717) is 41.2 Å². The third-order valence-electron chi connectivity index (χ3n) is 5.24. The Morgan fingerprint density at radius 2 is 2.03 bits per heavy atom. The molecule has 4 heterocycles. The van der Waals surface area contributed by atoms with Crippen LogP contribution in [0, 0.1) is 18.3 Å². The molecule has 0 atom stereocenters. The maximum Gasteiger partial charge on any atom is 0.172 e. The Hall–Kier alpha value is -3.06. The lowest BCUT2D eigenvalue weighted by molar-refractivity contribution is 0.0923. The standard InChI is InChI=1S/C24H28ClN7OS/c1-16-6-7-27-20(10-16)18-11-21(28-23-19(25)14-31(2)30-23)29-24-22(18)17(12-26)13-32(24)15-33-8-9-34(3,4)5/h6-7,10-11,13-14H,8-9,15H2,1-5H3,(H,28,29,30). The van der Waals surface area contributed by atoms with E-state index in [4.69, 9.17) is 21.3 Å². The molecular weight excluding hydrogens is 470 g/mol. The second kappa shape index (κ2) is 9.66. The first-order valence-electron chi connectivity index (χ1n) is 10.7. The van der Waals surface area contributed by atoms with E-state index in [9.17, 15) is 5.26 Å². The Balaban J connectivity index is 1.81. The van der Waals surface area contributed by atoms with Crippen LogP contribution in [-0.4, -0.2) is 55.4 Å². The van der Waals surface area contributed by atoms with Crippen LogP contribution in [0.25, 0.3) is 22.3 Å². The van der Waals surface area contributed by atoms with Crippen molar-refractivity contribution in [3.8, 4) is 17.3 Å². The van der Waals surface area contributed by atoms with Crippen molar-refractivity contribution >= 4 is 44.3 Å². The van der Waals surface area contributed by atoms with Gasteiger partial charge < -0.3 is 14.6 Å². The molecular formula is C24H28ClN7OS. The zero-order valence-corrected chi connectivity index (χ0v) is 21.5. The lowest BCUT2D eigenvalue weighted by atomic mass is 10.0. The van der Waals surface area contributed by atoms with E-state index in [1.165, 1.54) is 0 Å². The van der Waals surface area contributed by atoms with Crippen molar-refractivity contribution in [3.63, 3.8) is 0 Å². The number of nitrogens with one attached hydrogen (secondary N) is 1. The van der Waals surface area contributed by atoms with Crippen molar-refractivity contribution in [2.75, 3.05) is 36.4 Å². The predicted octanol–water partition coefficient (Wildman–Crippen LogP) is 5.08. The van der Waals surface area contributed by atoms with Crippen molar-refractivity contribution in [1.82, 2.24) is 24.3 Å². The molecule has 0 fully saturated rings. The fourth-order valence-electron chi connectivity index (χ4n) is 3.56. The van der Waals surface area contributed by atoms with Gasteiger partial charge in [-0.3, -0.25) is 9.67 Å². The van der Waals surface area contributed by atoms with Crippen LogP contribution in [0.4, 0.5) is 11.6 Å². The summed E-state index contributed by atoms with van der Waals surface area (Å²) in [5, 5.41) is 18.7. The van der Waals surface area contributed by atoms with Gasteiger partial charge in [-0.1, -0.05) is 11.6 Å². The molecule has 4 aromatic rings. The van der Waals surface area contributed by atoms with Gasteiger partial charge in [0.15, 0.2) is 5.82 Å². The number of fused-ring (bicyclic) bond motifs is 1. The molecule has 10 heteroatoms. The van der Waals surface area contributed by atoms with Crippen LogP contribution < -0.4 is 5.32 Å². The highest BCUT2D eigenvalue weighted by Gasteiger charge is 2.19. The largest absolute Gasteiger partial charge is 0.360 e. The minimum atomic E-state index is -0.653. The molecule has 0 saturated carbocycles. The average Bonchev–Trinajstić information content (AvgIpc) is 3.28. The van der Waals surface area contributed by atoms with E-state index in [0.717, 1.165) is 28.0 Å². The molecule has 0 aliphatic rings. The molecule has 0 spiro atoms. The van der Waals surface area contributed by atoms with Gasteiger partial charge in [0.2, 0.25) is 0 Å². The lowest BCUT2D eigenvalue weighted by Gasteiger charge is -2.24. The molecule has 4 aromatic heterocycles. The van der Waals surface area contributed by atoms with Crippen LogP contribution >= 0.6 is 21.6 Å². The summed E-state index contributed by atoms with van der Waals surface area (Å²) in [4.78, 5) is 9.38. The molecule has 0 radical (unpaired) electrons. The van der Waals surface area contributed by atoms with Crippen molar-refractivity contribution in [3.05, 3.63) is 52.9 Å². The van der Waals surface area contributed by atoms with Crippen LogP contribution in [-0.2, 0) is 18.5 Å². The molecule has 1 N–H and O–H groups in total. The summed E-state index contributed by atoms with van der Waals surface area (Å²) < 4.78 is 9.47. The van der Waals surface area contributed by atoms with E-state index in [-0.39, 0.29) is 0 Å². The number of aryl methyl sites for hydroxylation is 2. The van der Waals surface area contributed by atoms with Crippen molar-refractivity contribution < 1.29 is 4.74 Å². The molecule has 34 heavy (non-hydrogen) atoms. The van der Waals surface area contributed by atoms with Crippen molar-refractivity contribution in [2.45, 2.75) is 13.7 Å².